The second-order valence-corrected chi connectivity index (χ2v) is 8.78. The molecule has 122 valence electrons. The van der Waals surface area contributed by atoms with E-state index < -0.39 is 11.4 Å². The molecule has 0 heterocycles. The summed E-state index contributed by atoms with van der Waals surface area (Å²) in [6.07, 6.45) is 12.0. The fourth-order valence-corrected chi connectivity index (χ4v) is 5.86. The molecule has 5 atom stereocenters. The van der Waals surface area contributed by atoms with Crippen LogP contribution in [0.15, 0.2) is 24.3 Å². The summed E-state index contributed by atoms with van der Waals surface area (Å²) in [5.41, 5.74) is 1.43. The van der Waals surface area contributed by atoms with Crippen molar-refractivity contribution in [3.05, 3.63) is 24.3 Å². The Morgan fingerprint density at radius 1 is 1.32 bits per heavy atom. The van der Waals surface area contributed by atoms with Crippen molar-refractivity contribution in [2.24, 2.45) is 28.1 Å². The van der Waals surface area contributed by atoms with Gasteiger partial charge >= 0.3 is 5.97 Å². The zero-order chi connectivity index (χ0) is 16.2. The van der Waals surface area contributed by atoms with Crippen molar-refractivity contribution < 1.29 is 9.90 Å². The van der Waals surface area contributed by atoms with Crippen molar-refractivity contribution >= 4 is 5.97 Å². The molecule has 3 rings (SSSR count). The van der Waals surface area contributed by atoms with Crippen LogP contribution in [-0.4, -0.2) is 11.1 Å². The number of hydrogen-bond donors (Lipinski definition) is 1. The Bertz CT molecular complexity index is 534. The Morgan fingerprint density at radius 3 is 2.68 bits per heavy atom. The molecule has 0 bridgehead atoms. The molecule has 0 aromatic heterocycles. The number of carboxylic acids is 1. The third kappa shape index (κ3) is 2.10. The van der Waals surface area contributed by atoms with E-state index in [9.17, 15) is 9.90 Å². The average molecular weight is 302 g/mol. The largest absolute Gasteiger partial charge is 0.481 e. The first kappa shape index (κ1) is 15.8. The van der Waals surface area contributed by atoms with Crippen molar-refractivity contribution in [3.8, 4) is 0 Å². The van der Waals surface area contributed by atoms with Gasteiger partial charge in [0.2, 0.25) is 0 Å². The van der Waals surface area contributed by atoms with Crippen LogP contribution in [0, 0.1) is 28.1 Å². The highest BCUT2D eigenvalue weighted by Gasteiger charge is 2.58. The molecule has 22 heavy (non-hydrogen) atoms. The van der Waals surface area contributed by atoms with Gasteiger partial charge in [-0.2, -0.15) is 0 Å². The molecule has 0 radical (unpaired) electrons. The van der Waals surface area contributed by atoms with E-state index in [1.165, 1.54) is 19.3 Å². The van der Waals surface area contributed by atoms with E-state index in [1.807, 2.05) is 6.92 Å². The van der Waals surface area contributed by atoms with Gasteiger partial charge in [0.05, 0.1) is 5.41 Å². The lowest BCUT2D eigenvalue weighted by Crippen LogP contribution is -2.53. The average Bonchev–Trinajstić information content (AvgIpc) is 2.46. The first-order valence-electron chi connectivity index (χ1n) is 8.81. The highest BCUT2D eigenvalue weighted by Crippen LogP contribution is 2.63. The quantitative estimate of drug-likeness (QED) is 0.711. The van der Waals surface area contributed by atoms with Gasteiger partial charge in [-0.05, 0) is 68.1 Å². The highest BCUT2D eigenvalue weighted by atomic mass is 16.4. The van der Waals surface area contributed by atoms with Gasteiger partial charge in [-0.1, -0.05) is 38.0 Å². The van der Waals surface area contributed by atoms with Gasteiger partial charge in [0.1, 0.15) is 0 Å². The lowest BCUT2D eigenvalue weighted by molar-refractivity contribution is -0.163. The number of carboxylic acid groups (broad SMARTS) is 1. The van der Waals surface area contributed by atoms with Gasteiger partial charge in [0.15, 0.2) is 0 Å². The van der Waals surface area contributed by atoms with Gasteiger partial charge in [0, 0.05) is 0 Å². The number of rotatable bonds is 2. The van der Waals surface area contributed by atoms with Crippen molar-refractivity contribution in [2.75, 3.05) is 0 Å². The molecular weight excluding hydrogens is 272 g/mol. The fourth-order valence-electron chi connectivity index (χ4n) is 5.86. The molecule has 2 fully saturated rings. The summed E-state index contributed by atoms with van der Waals surface area (Å²) in [7, 11) is 0. The second kappa shape index (κ2) is 4.97. The molecule has 0 spiro atoms. The van der Waals surface area contributed by atoms with E-state index in [4.69, 9.17) is 0 Å². The van der Waals surface area contributed by atoms with Gasteiger partial charge < -0.3 is 5.11 Å². The molecule has 0 unspecified atom stereocenters. The van der Waals surface area contributed by atoms with Crippen molar-refractivity contribution in [2.45, 2.75) is 65.7 Å². The number of aliphatic carboxylic acids is 1. The van der Waals surface area contributed by atoms with E-state index in [0.29, 0.717) is 5.92 Å². The van der Waals surface area contributed by atoms with Gasteiger partial charge in [-0.25, -0.2) is 0 Å². The summed E-state index contributed by atoms with van der Waals surface area (Å²) < 4.78 is 0. The Labute approximate surface area is 134 Å². The Hall–Kier alpha value is -1.05. The van der Waals surface area contributed by atoms with Crippen LogP contribution in [0.2, 0.25) is 0 Å². The van der Waals surface area contributed by atoms with Gasteiger partial charge in [-0.3, -0.25) is 4.79 Å². The first-order chi connectivity index (χ1) is 10.3. The van der Waals surface area contributed by atoms with Crippen LogP contribution in [-0.2, 0) is 4.79 Å². The molecule has 1 N–H and O–H groups in total. The molecule has 0 aliphatic heterocycles. The molecule has 3 aliphatic rings. The standard InChI is InChI=1S/C20H30O2/c1-5-18(2)12-9-15-14(13-18)7-8-16-19(15,3)10-6-11-20(16,4)17(21)22/h5,7,15-16H,1,6,8-13H2,2-4H3,(H,21,22)/t15-,16+,18-,19+,20-/m1/s1. The Balaban J connectivity index is 1.98. The molecule has 2 heteroatoms. The molecule has 2 saturated carbocycles. The van der Waals surface area contributed by atoms with Crippen molar-refractivity contribution in [1.82, 2.24) is 0 Å². The third-order valence-electron chi connectivity index (χ3n) is 7.43. The van der Waals surface area contributed by atoms with E-state index >= 15 is 0 Å². The zero-order valence-electron chi connectivity index (χ0n) is 14.3. The van der Waals surface area contributed by atoms with Gasteiger partial charge in [-0.15, -0.1) is 6.58 Å². The maximum absolute atomic E-state index is 11.9. The summed E-state index contributed by atoms with van der Waals surface area (Å²) in [4.78, 5) is 11.9. The minimum absolute atomic E-state index is 0.165. The molecule has 2 nitrogen and oxygen atoms in total. The van der Waals surface area contributed by atoms with E-state index in [1.54, 1.807) is 5.57 Å². The summed E-state index contributed by atoms with van der Waals surface area (Å²) in [6.45, 7) is 10.7. The first-order valence-corrected chi connectivity index (χ1v) is 8.81. The SMILES string of the molecule is C=C[C@]1(C)CC[C@@H]2C(=CC[C@H]3[C@@]2(C)CCC[C@@]3(C)C(=O)O)C1. The van der Waals surface area contributed by atoms with Crippen LogP contribution in [0.3, 0.4) is 0 Å². The summed E-state index contributed by atoms with van der Waals surface area (Å²) >= 11 is 0. The third-order valence-corrected chi connectivity index (χ3v) is 7.43. The van der Waals surface area contributed by atoms with Crippen LogP contribution >= 0.6 is 0 Å². The normalized spacial score (nSPS) is 47.9. The molecule has 3 aliphatic carbocycles. The monoisotopic (exact) mass is 302 g/mol. The van der Waals surface area contributed by atoms with Crippen LogP contribution in [0.25, 0.3) is 0 Å². The van der Waals surface area contributed by atoms with E-state index in [-0.39, 0.29) is 16.7 Å². The topological polar surface area (TPSA) is 37.3 Å². The van der Waals surface area contributed by atoms with Crippen LogP contribution in [0.4, 0.5) is 0 Å². The predicted molar refractivity (Wildman–Crippen MR) is 89.5 cm³/mol. The summed E-state index contributed by atoms with van der Waals surface area (Å²) in [5, 5.41) is 9.83. The number of allylic oxidation sites excluding steroid dienone is 3. The zero-order valence-corrected chi connectivity index (χ0v) is 14.3. The summed E-state index contributed by atoms with van der Waals surface area (Å²) in [6, 6.07) is 0. The van der Waals surface area contributed by atoms with Crippen molar-refractivity contribution in [1.29, 1.82) is 0 Å². The number of fused-ring (bicyclic) bond motifs is 3. The van der Waals surface area contributed by atoms with Crippen LogP contribution < -0.4 is 0 Å². The van der Waals surface area contributed by atoms with Gasteiger partial charge in [0.25, 0.3) is 0 Å². The van der Waals surface area contributed by atoms with Crippen molar-refractivity contribution in [3.63, 3.8) is 0 Å². The number of hydrogen-bond acceptors (Lipinski definition) is 1. The van der Waals surface area contributed by atoms with Crippen LogP contribution in [0.1, 0.15) is 65.7 Å². The Kier molecular flexibility index (Phi) is 3.58. The number of carbonyl (C=O) groups is 1. The second-order valence-electron chi connectivity index (χ2n) is 8.78. The molecular formula is C20H30O2. The predicted octanol–water partition coefficient (Wildman–Crippen LogP) is 5.21. The minimum Gasteiger partial charge on any atom is -0.481 e. The maximum Gasteiger partial charge on any atom is 0.309 e. The summed E-state index contributed by atoms with van der Waals surface area (Å²) in [5.74, 6) is 0.276. The maximum atomic E-state index is 11.9. The fraction of sp³-hybridized carbons (Fsp3) is 0.750. The van der Waals surface area contributed by atoms with E-state index in [0.717, 1.165) is 25.7 Å². The smallest absolute Gasteiger partial charge is 0.309 e. The molecule has 0 aromatic carbocycles. The lowest BCUT2D eigenvalue weighted by atomic mass is 9.45. The van der Waals surface area contributed by atoms with E-state index in [2.05, 4.69) is 32.6 Å². The highest BCUT2D eigenvalue weighted by molar-refractivity contribution is 5.75. The molecule has 0 saturated heterocycles. The molecule has 0 aromatic rings. The minimum atomic E-state index is -0.591. The lowest BCUT2D eigenvalue weighted by Gasteiger charge is -2.58. The van der Waals surface area contributed by atoms with Crippen LogP contribution in [0.5, 0.6) is 0 Å². The Morgan fingerprint density at radius 2 is 2.05 bits per heavy atom. The molecule has 0 amide bonds.